The van der Waals surface area contributed by atoms with Crippen molar-refractivity contribution in [1.29, 1.82) is 0 Å². The molecule has 0 atom stereocenters. The SMILES string of the molecule is C(#Cc1cc2cccc3ccc4cccc1c4c32)c1ccccc1. The van der Waals surface area contributed by atoms with Crippen LogP contribution in [0.25, 0.3) is 32.3 Å². The van der Waals surface area contributed by atoms with Crippen molar-refractivity contribution in [2.75, 3.05) is 0 Å². The number of rotatable bonds is 0. The number of hydrogen-bond donors (Lipinski definition) is 0. The Hall–Kier alpha value is -3.30. The van der Waals surface area contributed by atoms with E-state index in [2.05, 4.69) is 66.4 Å². The maximum Gasteiger partial charge on any atom is 0.0334 e. The third-order valence-corrected chi connectivity index (χ3v) is 4.62. The minimum atomic E-state index is 1.04. The fourth-order valence-corrected chi connectivity index (χ4v) is 3.53. The Bertz CT molecular complexity index is 1230. The van der Waals surface area contributed by atoms with Gasteiger partial charge in [0.25, 0.3) is 0 Å². The fraction of sp³-hybridized carbons (Fsp3) is 0. The molecule has 0 spiro atoms. The van der Waals surface area contributed by atoms with E-state index < -0.39 is 0 Å². The maximum absolute atomic E-state index is 3.39. The van der Waals surface area contributed by atoms with Gasteiger partial charge in [0.05, 0.1) is 0 Å². The first-order valence-corrected chi connectivity index (χ1v) is 8.14. The van der Waals surface area contributed by atoms with Gasteiger partial charge in [-0.15, -0.1) is 0 Å². The number of hydrogen-bond acceptors (Lipinski definition) is 0. The molecule has 0 heteroatoms. The van der Waals surface area contributed by atoms with Gasteiger partial charge in [-0.1, -0.05) is 78.6 Å². The molecule has 5 aromatic carbocycles. The second-order valence-electron chi connectivity index (χ2n) is 6.09. The normalized spacial score (nSPS) is 11.0. The summed E-state index contributed by atoms with van der Waals surface area (Å²) in [6, 6.07) is 29.8. The van der Waals surface area contributed by atoms with Crippen LogP contribution in [0.2, 0.25) is 0 Å². The van der Waals surface area contributed by atoms with Gasteiger partial charge in [-0.3, -0.25) is 0 Å². The van der Waals surface area contributed by atoms with E-state index in [1.165, 1.54) is 32.3 Å². The Balaban J connectivity index is 1.88. The Morgan fingerprint density at radius 1 is 0.500 bits per heavy atom. The van der Waals surface area contributed by atoms with Gasteiger partial charge in [-0.05, 0) is 50.5 Å². The van der Waals surface area contributed by atoms with E-state index in [1.807, 2.05) is 30.3 Å². The van der Waals surface area contributed by atoms with E-state index in [9.17, 15) is 0 Å². The van der Waals surface area contributed by atoms with Crippen LogP contribution in [0.5, 0.6) is 0 Å². The molecule has 0 N–H and O–H groups in total. The quantitative estimate of drug-likeness (QED) is 0.244. The number of benzene rings is 5. The van der Waals surface area contributed by atoms with Crippen LogP contribution < -0.4 is 0 Å². The summed E-state index contributed by atoms with van der Waals surface area (Å²) in [5.74, 6) is 6.69. The second-order valence-corrected chi connectivity index (χ2v) is 6.09. The van der Waals surface area contributed by atoms with Gasteiger partial charge in [-0.25, -0.2) is 0 Å². The summed E-state index contributed by atoms with van der Waals surface area (Å²) in [7, 11) is 0. The lowest BCUT2D eigenvalue weighted by Crippen LogP contribution is -1.87. The van der Waals surface area contributed by atoms with Crippen molar-refractivity contribution in [2.24, 2.45) is 0 Å². The summed E-state index contributed by atoms with van der Waals surface area (Å²) >= 11 is 0. The predicted molar refractivity (Wildman–Crippen MR) is 103 cm³/mol. The lowest BCUT2D eigenvalue weighted by atomic mass is 9.91. The van der Waals surface area contributed by atoms with Gasteiger partial charge in [0.15, 0.2) is 0 Å². The average Bonchev–Trinajstić information content (AvgIpc) is 2.65. The molecule has 5 rings (SSSR count). The van der Waals surface area contributed by atoms with E-state index in [0.717, 1.165) is 11.1 Å². The van der Waals surface area contributed by atoms with E-state index in [1.54, 1.807) is 0 Å². The standard InChI is InChI=1S/C24H14/c1-2-6-17(7-3-1)12-13-20-16-21-10-4-8-18-14-15-19-9-5-11-22(20)24(19)23(18)21/h1-11,14-16H. The first-order valence-electron chi connectivity index (χ1n) is 8.14. The predicted octanol–water partition coefficient (Wildman–Crippen LogP) is 5.98. The minimum absolute atomic E-state index is 1.04. The third kappa shape index (κ3) is 1.96. The van der Waals surface area contributed by atoms with E-state index >= 15 is 0 Å². The summed E-state index contributed by atoms with van der Waals surface area (Å²) in [5, 5.41) is 7.73. The lowest BCUT2D eigenvalue weighted by Gasteiger charge is -2.12. The van der Waals surface area contributed by atoms with Gasteiger partial charge in [-0.2, -0.15) is 0 Å². The van der Waals surface area contributed by atoms with E-state index in [4.69, 9.17) is 0 Å². The largest absolute Gasteiger partial charge is 0.0622 e. The summed E-state index contributed by atoms with van der Waals surface area (Å²) in [5.41, 5.74) is 2.14. The van der Waals surface area contributed by atoms with E-state index in [0.29, 0.717) is 0 Å². The molecule has 0 saturated carbocycles. The monoisotopic (exact) mass is 302 g/mol. The van der Waals surface area contributed by atoms with E-state index in [-0.39, 0.29) is 0 Å². The Morgan fingerprint density at radius 2 is 1.21 bits per heavy atom. The third-order valence-electron chi connectivity index (χ3n) is 4.62. The summed E-state index contributed by atoms with van der Waals surface area (Å²) in [4.78, 5) is 0. The molecule has 0 fully saturated rings. The summed E-state index contributed by atoms with van der Waals surface area (Å²) in [6.07, 6.45) is 0. The molecule has 0 saturated heterocycles. The highest BCUT2D eigenvalue weighted by Gasteiger charge is 2.10. The highest BCUT2D eigenvalue weighted by molar-refractivity contribution is 6.24. The summed E-state index contributed by atoms with van der Waals surface area (Å²) in [6.45, 7) is 0. The fourth-order valence-electron chi connectivity index (χ4n) is 3.53. The molecule has 0 amide bonds. The van der Waals surface area contributed by atoms with Crippen molar-refractivity contribution in [1.82, 2.24) is 0 Å². The van der Waals surface area contributed by atoms with Crippen molar-refractivity contribution >= 4 is 32.3 Å². The van der Waals surface area contributed by atoms with Crippen molar-refractivity contribution < 1.29 is 0 Å². The zero-order valence-corrected chi connectivity index (χ0v) is 13.1. The highest BCUT2D eigenvalue weighted by Crippen LogP contribution is 2.36. The topological polar surface area (TPSA) is 0 Å². The van der Waals surface area contributed by atoms with Gasteiger partial charge in [0.2, 0.25) is 0 Å². The molecule has 0 aliphatic heterocycles. The molecule has 110 valence electrons. The van der Waals surface area contributed by atoms with Gasteiger partial charge in [0.1, 0.15) is 0 Å². The van der Waals surface area contributed by atoms with Crippen molar-refractivity contribution in [3.05, 3.63) is 96.1 Å². The smallest absolute Gasteiger partial charge is 0.0334 e. The first kappa shape index (κ1) is 13.2. The van der Waals surface area contributed by atoms with Crippen LogP contribution in [0, 0.1) is 11.8 Å². The molecule has 0 aliphatic rings. The van der Waals surface area contributed by atoms with Crippen LogP contribution in [0.3, 0.4) is 0 Å². The molecule has 0 nitrogen and oxygen atoms in total. The Labute approximate surface area is 140 Å². The zero-order valence-electron chi connectivity index (χ0n) is 13.1. The molecule has 0 aliphatic carbocycles. The maximum atomic E-state index is 3.39. The zero-order chi connectivity index (χ0) is 15.9. The molecule has 0 radical (unpaired) electrons. The molecular weight excluding hydrogens is 288 g/mol. The van der Waals surface area contributed by atoms with Crippen LogP contribution in [-0.4, -0.2) is 0 Å². The van der Waals surface area contributed by atoms with Crippen molar-refractivity contribution in [3.8, 4) is 11.8 Å². The molecule has 0 aromatic heterocycles. The second kappa shape index (κ2) is 5.11. The lowest BCUT2D eigenvalue weighted by molar-refractivity contribution is 1.64. The van der Waals surface area contributed by atoms with Crippen LogP contribution in [0.4, 0.5) is 0 Å². The van der Waals surface area contributed by atoms with Gasteiger partial charge in [0, 0.05) is 11.1 Å². The van der Waals surface area contributed by atoms with Gasteiger partial charge >= 0.3 is 0 Å². The Morgan fingerprint density at radius 3 is 2.04 bits per heavy atom. The van der Waals surface area contributed by atoms with Crippen molar-refractivity contribution in [2.45, 2.75) is 0 Å². The molecule has 0 unspecified atom stereocenters. The average molecular weight is 302 g/mol. The summed E-state index contributed by atoms with van der Waals surface area (Å²) < 4.78 is 0. The minimum Gasteiger partial charge on any atom is -0.0622 e. The molecule has 24 heavy (non-hydrogen) atoms. The highest BCUT2D eigenvalue weighted by atomic mass is 14.1. The van der Waals surface area contributed by atoms with Gasteiger partial charge < -0.3 is 0 Å². The molecular formula is C24H14. The first-order chi connectivity index (χ1) is 11.9. The Kier molecular flexibility index (Phi) is 2.81. The van der Waals surface area contributed by atoms with Crippen molar-refractivity contribution in [3.63, 3.8) is 0 Å². The van der Waals surface area contributed by atoms with Crippen LogP contribution in [0.1, 0.15) is 11.1 Å². The molecule has 0 bridgehead atoms. The van der Waals surface area contributed by atoms with Crippen LogP contribution >= 0.6 is 0 Å². The molecule has 0 heterocycles. The van der Waals surface area contributed by atoms with Crippen LogP contribution in [0.15, 0.2) is 84.9 Å². The van der Waals surface area contributed by atoms with Crippen LogP contribution in [-0.2, 0) is 0 Å². The molecule has 5 aromatic rings.